The van der Waals surface area contributed by atoms with Crippen molar-refractivity contribution >= 4 is 23.2 Å². The second-order valence-electron chi connectivity index (χ2n) is 5.22. The Morgan fingerprint density at radius 1 is 1.45 bits per heavy atom. The second kappa shape index (κ2) is 5.50. The fourth-order valence-electron chi connectivity index (χ4n) is 1.81. The largest absolute Gasteiger partial charge is 0.479 e. The van der Waals surface area contributed by atoms with Gasteiger partial charge in [0.05, 0.1) is 11.7 Å². The van der Waals surface area contributed by atoms with Crippen molar-refractivity contribution in [3.63, 3.8) is 0 Å². The standard InChI is InChI=1S/C14H19N3O3/c1-7(2)12(15)14(19)16-9-4-5-11-10(6-9)17-13(18)8(3)20-11/h4-8,12H,15H2,1-3H3,(H,16,19)(H,17,18)/t8?,12-/m1/s1. The molecule has 1 aromatic carbocycles. The van der Waals surface area contributed by atoms with Gasteiger partial charge in [0.25, 0.3) is 5.91 Å². The number of carbonyl (C=O) groups is 2. The molecular weight excluding hydrogens is 258 g/mol. The highest BCUT2D eigenvalue weighted by molar-refractivity contribution is 6.00. The van der Waals surface area contributed by atoms with Crippen LogP contribution in [0, 0.1) is 5.92 Å². The fourth-order valence-corrected chi connectivity index (χ4v) is 1.81. The fraction of sp³-hybridized carbons (Fsp3) is 0.429. The van der Waals surface area contributed by atoms with Gasteiger partial charge in [-0.05, 0) is 31.0 Å². The summed E-state index contributed by atoms with van der Waals surface area (Å²) in [5.41, 5.74) is 6.90. The number of nitrogens with one attached hydrogen (secondary N) is 2. The van der Waals surface area contributed by atoms with E-state index in [4.69, 9.17) is 10.5 Å². The van der Waals surface area contributed by atoms with Gasteiger partial charge in [0.2, 0.25) is 5.91 Å². The summed E-state index contributed by atoms with van der Waals surface area (Å²) >= 11 is 0. The lowest BCUT2D eigenvalue weighted by molar-refractivity contribution is -0.122. The van der Waals surface area contributed by atoms with Crippen LogP contribution in [0.3, 0.4) is 0 Å². The number of ether oxygens (including phenoxy) is 1. The van der Waals surface area contributed by atoms with E-state index >= 15 is 0 Å². The SMILES string of the molecule is CC1Oc2ccc(NC(=O)[C@H](N)C(C)C)cc2NC1=O. The van der Waals surface area contributed by atoms with Crippen molar-refractivity contribution in [3.8, 4) is 5.75 Å². The Morgan fingerprint density at radius 2 is 2.15 bits per heavy atom. The first kappa shape index (κ1) is 14.3. The van der Waals surface area contributed by atoms with Crippen LogP contribution >= 0.6 is 0 Å². The number of carbonyl (C=O) groups excluding carboxylic acids is 2. The molecule has 1 aromatic rings. The molecule has 0 saturated heterocycles. The zero-order valence-corrected chi connectivity index (χ0v) is 11.8. The lowest BCUT2D eigenvalue weighted by Crippen LogP contribution is -2.39. The van der Waals surface area contributed by atoms with E-state index in [-0.39, 0.29) is 17.7 Å². The molecule has 1 aliphatic rings. The van der Waals surface area contributed by atoms with Gasteiger partial charge in [-0.1, -0.05) is 13.8 Å². The van der Waals surface area contributed by atoms with E-state index in [2.05, 4.69) is 10.6 Å². The normalized spacial score (nSPS) is 18.9. The van der Waals surface area contributed by atoms with Crippen molar-refractivity contribution in [2.45, 2.75) is 32.9 Å². The van der Waals surface area contributed by atoms with Crippen LogP contribution < -0.4 is 21.1 Å². The van der Waals surface area contributed by atoms with Gasteiger partial charge in [-0.3, -0.25) is 9.59 Å². The average Bonchev–Trinajstić information content (AvgIpc) is 2.39. The molecule has 108 valence electrons. The zero-order valence-electron chi connectivity index (χ0n) is 11.8. The highest BCUT2D eigenvalue weighted by Gasteiger charge is 2.24. The molecule has 2 rings (SSSR count). The topological polar surface area (TPSA) is 93.4 Å². The molecule has 6 heteroatoms. The predicted octanol–water partition coefficient (Wildman–Crippen LogP) is 1.33. The van der Waals surface area contributed by atoms with Crippen LogP contribution in [0.5, 0.6) is 5.75 Å². The lowest BCUT2D eigenvalue weighted by atomic mass is 10.0. The highest BCUT2D eigenvalue weighted by atomic mass is 16.5. The molecule has 0 bridgehead atoms. The molecule has 1 heterocycles. The summed E-state index contributed by atoms with van der Waals surface area (Å²) in [5, 5.41) is 5.46. The highest BCUT2D eigenvalue weighted by Crippen LogP contribution is 2.32. The number of amides is 2. The van der Waals surface area contributed by atoms with Gasteiger partial charge in [0, 0.05) is 5.69 Å². The second-order valence-corrected chi connectivity index (χ2v) is 5.22. The number of fused-ring (bicyclic) bond motifs is 1. The van der Waals surface area contributed by atoms with Crippen molar-refractivity contribution in [1.29, 1.82) is 0 Å². The van der Waals surface area contributed by atoms with E-state index in [0.29, 0.717) is 17.1 Å². The molecular formula is C14H19N3O3. The maximum absolute atomic E-state index is 11.9. The summed E-state index contributed by atoms with van der Waals surface area (Å²) in [6, 6.07) is 4.51. The van der Waals surface area contributed by atoms with Gasteiger partial charge in [0.1, 0.15) is 5.75 Å². The Labute approximate surface area is 117 Å². The number of benzene rings is 1. The Kier molecular flexibility index (Phi) is 3.94. The minimum absolute atomic E-state index is 0.0523. The van der Waals surface area contributed by atoms with Crippen LogP contribution in [0.4, 0.5) is 11.4 Å². The molecule has 0 aliphatic carbocycles. The summed E-state index contributed by atoms with van der Waals surface area (Å²) < 4.78 is 5.44. The van der Waals surface area contributed by atoms with Crippen LogP contribution in [0.1, 0.15) is 20.8 Å². The monoisotopic (exact) mass is 277 g/mol. The Hall–Kier alpha value is -2.08. The van der Waals surface area contributed by atoms with Gasteiger partial charge >= 0.3 is 0 Å². The van der Waals surface area contributed by atoms with Gasteiger partial charge < -0.3 is 21.1 Å². The quantitative estimate of drug-likeness (QED) is 0.777. The molecule has 0 radical (unpaired) electrons. The molecule has 0 saturated carbocycles. The number of anilines is 2. The maximum Gasteiger partial charge on any atom is 0.265 e. The van der Waals surface area contributed by atoms with E-state index in [0.717, 1.165) is 0 Å². The first-order valence-electron chi connectivity index (χ1n) is 6.56. The molecule has 2 amide bonds. The van der Waals surface area contributed by atoms with Crippen molar-refractivity contribution in [2.75, 3.05) is 10.6 Å². The number of hydrogen-bond donors (Lipinski definition) is 3. The van der Waals surface area contributed by atoms with Crippen molar-refractivity contribution in [1.82, 2.24) is 0 Å². The minimum Gasteiger partial charge on any atom is -0.479 e. The minimum atomic E-state index is -0.572. The third-order valence-electron chi connectivity index (χ3n) is 3.20. The summed E-state index contributed by atoms with van der Waals surface area (Å²) in [7, 11) is 0. The smallest absolute Gasteiger partial charge is 0.265 e. The maximum atomic E-state index is 11.9. The Balaban J connectivity index is 2.14. The predicted molar refractivity (Wildman–Crippen MR) is 76.6 cm³/mol. The molecule has 2 atom stereocenters. The summed E-state index contributed by atoms with van der Waals surface area (Å²) in [6.07, 6.45) is -0.516. The number of hydrogen-bond acceptors (Lipinski definition) is 4. The summed E-state index contributed by atoms with van der Waals surface area (Å²) in [6.45, 7) is 5.44. The summed E-state index contributed by atoms with van der Waals surface area (Å²) in [5.74, 6) is 0.177. The number of nitrogens with two attached hydrogens (primary N) is 1. The molecule has 1 aliphatic heterocycles. The third-order valence-corrected chi connectivity index (χ3v) is 3.20. The van der Waals surface area contributed by atoms with E-state index < -0.39 is 12.1 Å². The molecule has 20 heavy (non-hydrogen) atoms. The van der Waals surface area contributed by atoms with Crippen LogP contribution in [0.2, 0.25) is 0 Å². The molecule has 0 fully saturated rings. The summed E-state index contributed by atoms with van der Waals surface area (Å²) in [4.78, 5) is 23.4. The Morgan fingerprint density at radius 3 is 2.80 bits per heavy atom. The van der Waals surface area contributed by atoms with Gasteiger partial charge in [0.15, 0.2) is 6.10 Å². The zero-order chi connectivity index (χ0) is 14.9. The van der Waals surface area contributed by atoms with Gasteiger partial charge in [-0.25, -0.2) is 0 Å². The first-order valence-corrected chi connectivity index (χ1v) is 6.56. The van der Waals surface area contributed by atoms with Crippen molar-refractivity contribution < 1.29 is 14.3 Å². The van der Waals surface area contributed by atoms with Crippen molar-refractivity contribution in [3.05, 3.63) is 18.2 Å². The van der Waals surface area contributed by atoms with E-state index in [1.165, 1.54) is 0 Å². The molecule has 0 spiro atoms. The van der Waals surface area contributed by atoms with E-state index in [1.54, 1.807) is 25.1 Å². The lowest BCUT2D eigenvalue weighted by Gasteiger charge is -2.24. The van der Waals surface area contributed by atoms with E-state index in [1.807, 2.05) is 13.8 Å². The van der Waals surface area contributed by atoms with Crippen LogP contribution in [-0.2, 0) is 9.59 Å². The van der Waals surface area contributed by atoms with Crippen LogP contribution in [0.15, 0.2) is 18.2 Å². The number of rotatable bonds is 3. The molecule has 1 unspecified atom stereocenters. The average molecular weight is 277 g/mol. The van der Waals surface area contributed by atoms with Crippen molar-refractivity contribution in [2.24, 2.45) is 11.7 Å². The molecule has 4 N–H and O–H groups in total. The van der Waals surface area contributed by atoms with E-state index in [9.17, 15) is 9.59 Å². The van der Waals surface area contributed by atoms with Gasteiger partial charge in [-0.15, -0.1) is 0 Å². The van der Waals surface area contributed by atoms with Gasteiger partial charge in [-0.2, -0.15) is 0 Å². The third kappa shape index (κ3) is 2.91. The Bertz CT molecular complexity index is 542. The molecule has 6 nitrogen and oxygen atoms in total. The van der Waals surface area contributed by atoms with Crippen LogP contribution in [0.25, 0.3) is 0 Å². The first-order chi connectivity index (χ1) is 9.38. The molecule has 0 aromatic heterocycles. The van der Waals surface area contributed by atoms with Crippen LogP contribution in [-0.4, -0.2) is 24.0 Å².